The van der Waals surface area contributed by atoms with Crippen LogP contribution in [0.15, 0.2) is 42.5 Å². The van der Waals surface area contributed by atoms with Crippen LogP contribution in [0, 0.1) is 19.8 Å². The number of amides is 3. The fraction of sp³-hybridized carbons (Fsp3) is 0.571. The number of ether oxygens (including phenoxy) is 1. The number of alkyl carbamates (subject to hydrolysis) is 1. The zero-order valence-electron chi connectivity index (χ0n) is 27.5. The van der Waals surface area contributed by atoms with Gasteiger partial charge < -0.3 is 25.4 Å². The molecule has 0 fully saturated rings. The van der Waals surface area contributed by atoms with Crippen LogP contribution in [0.2, 0.25) is 0 Å². The average Bonchev–Trinajstić information content (AvgIpc) is 2.91. The maximum Gasteiger partial charge on any atom is 0.408 e. The monoisotopic (exact) mass is 595 g/mol. The smallest absolute Gasteiger partial charge is 0.408 e. The lowest BCUT2D eigenvalue weighted by atomic mass is 9.97. The fourth-order valence-corrected chi connectivity index (χ4v) is 5.01. The molecule has 2 unspecified atom stereocenters. The Balaban J connectivity index is 2.56. The van der Waals surface area contributed by atoms with Crippen molar-refractivity contribution in [1.29, 1.82) is 0 Å². The zero-order valence-corrected chi connectivity index (χ0v) is 27.5. The molecule has 238 valence electrons. The van der Waals surface area contributed by atoms with Gasteiger partial charge in [-0.05, 0) is 88.3 Å². The molecule has 2 rings (SSSR count). The molecule has 0 heterocycles. The number of rotatable bonds is 15. The first-order valence-electron chi connectivity index (χ1n) is 15.7. The third-order valence-corrected chi connectivity index (χ3v) is 7.23. The predicted molar refractivity (Wildman–Crippen MR) is 173 cm³/mol. The summed E-state index contributed by atoms with van der Waals surface area (Å²) >= 11 is 0. The van der Waals surface area contributed by atoms with Gasteiger partial charge in [0.15, 0.2) is 0 Å². The molecule has 2 atom stereocenters. The first-order chi connectivity index (χ1) is 20.2. The molecule has 2 aromatic carbocycles. The van der Waals surface area contributed by atoms with Crippen molar-refractivity contribution in [3.63, 3.8) is 0 Å². The quantitative estimate of drug-likeness (QED) is 0.182. The number of carbonyl (C=O) groups is 3. The maximum absolute atomic E-state index is 14.5. The van der Waals surface area contributed by atoms with Crippen LogP contribution in [0.3, 0.4) is 0 Å². The van der Waals surface area contributed by atoms with Crippen LogP contribution in [-0.4, -0.2) is 46.1 Å². The van der Waals surface area contributed by atoms with Crippen LogP contribution in [0.4, 0.5) is 10.5 Å². The van der Waals surface area contributed by atoms with Gasteiger partial charge in [-0.2, -0.15) is 0 Å². The normalized spacial score (nSPS) is 12.9. The number of nitrogens with one attached hydrogen (secondary N) is 2. The van der Waals surface area contributed by atoms with E-state index in [0.717, 1.165) is 37.7 Å². The zero-order chi connectivity index (χ0) is 32.2. The Hall–Kier alpha value is -3.55. The van der Waals surface area contributed by atoms with Crippen LogP contribution in [0.25, 0.3) is 0 Å². The number of phenols is 1. The first-order valence-corrected chi connectivity index (χ1v) is 15.7. The van der Waals surface area contributed by atoms with E-state index < -0.39 is 23.8 Å². The Morgan fingerprint density at radius 3 is 2.19 bits per heavy atom. The molecule has 8 nitrogen and oxygen atoms in total. The lowest BCUT2D eigenvalue weighted by Gasteiger charge is -2.35. The van der Waals surface area contributed by atoms with Gasteiger partial charge in [-0.3, -0.25) is 9.59 Å². The lowest BCUT2D eigenvalue weighted by molar-refractivity contribution is -0.141. The van der Waals surface area contributed by atoms with E-state index >= 15 is 0 Å². The van der Waals surface area contributed by atoms with Gasteiger partial charge in [0.05, 0.1) is 0 Å². The van der Waals surface area contributed by atoms with E-state index in [1.54, 1.807) is 50.8 Å². The molecule has 2 aromatic rings. The topological polar surface area (TPSA) is 108 Å². The van der Waals surface area contributed by atoms with Crippen LogP contribution in [-0.2, 0) is 14.3 Å². The predicted octanol–water partition coefficient (Wildman–Crippen LogP) is 7.82. The van der Waals surface area contributed by atoms with Gasteiger partial charge in [0, 0.05) is 12.2 Å². The van der Waals surface area contributed by atoms with Crippen molar-refractivity contribution in [3.8, 4) is 5.75 Å². The molecule has 8 heteroatoms. The molecule has 0 bridgehead atoms. The van der Waals surface area contributed by atoms with Crippen LogP contribution in [0.1, 0.15) is 109 Å². The second-order valence-corrected chi connectivity index (χ2v) is 12.9. The van der Waals surface area contributed by atoms with Crippen LogP contribution < -0.4 is 10.6 Å². The van der Waals surface area contributed by atoms with Gasteiger partial charge >= 0.3 is 6.09 Å². The number of aromatic hydroxyl groups is 1. The number of hydrogen-bond donors (Lipinski definition) is 3. The number of para-hydroxylation sites is 1. The second-order valence-electron chi connectivity index (χ2n) is 12.9. The third-order valence-electron chi connectivity index (χ3n) is 7.23. The van der Waals surface area contributed by atoms with Crippen molar-refractivity contribution in [2.24, 2.45) is 5.92 Å². The number of carbonyl (C=O) groups excluding carboxylic acids is 3. The highest BCUT2D eigenvalue weighted by Crippen LogP contribution is 2.30. The Morgan fingerprint density at radius 2 is 1.58 bits per heavy atom. The minimum Gasteiger partial charge on any atom is -0.508 e. The number of unbranched alkanes of at least 4 members (excludes halogenated alkanes) is 5. The summed E-state index contributed by atoms with van der Waals surface area (Å²) in [7, 11) is 0. The molecule has 0 saturated carbocycles. The standard InChI is InChI=1S/C35H53N3O5/c1-9-10-11-12-13-16-21-38(33(41)29(22-24(2)3)37-34(42)43-35(6,7)8)31(27-19-20-30(39)26(5)23-27)32(40)36-28-18-15-14-17-25(28)4/h14-15,17-20,23-24,29,31,39H,9-13,16,21-22H2,1-8H3,(H,36,40)(H,37,42). The summed E-state index contributed by atoms with van der Waals surface area (Å²) in [5.41, 5.74) is 2.01. The van der Waals surface area contributed by atoms with E-state index in [-0.39, 0.29) is 23.5 Å². The number of benzene rings is 2. The number of hydrogen-bond acceptors (Lipinski definition) is 5. The SMILES string of the molecule is CCCCCCCCN(C(=O)C(CC(C)C)NC(=O)OC(C)(C)C)C(C(=O)Nc1ccccc1C)c1ccc(O)c(C)c1. The second kappa shape index (κ2) is 16.9. The Bertz CT molecular complexity index is 1200. The highest BCUT2D eigenvalue weighted by atomic mass is 16.6. The maximum atomic E-state index is 14.5. The first kappa shape index (κ1) is 35.6. The molecule has 3 N–H and O–H groups in total. The molecule has 0 aliphatic carbocycles. The minimum atomic E-state index is -0.989. The minimum absolute atomic E-state index is 0.0925. The van der Waals surface area contributed by atoms with E-state index in [0.29, 0.717) is 36.2 Å². The molecule has 43 heavy (non-hydrogen) atoms. The van der Waals surface area contributed by atoms with E-state index in [4.69, 9.17) is 4.74 Å². The van der Waals surface area contributed by atoms with E-state index in [9.17, 15) is 19.5 Å². The summed E-state index contributed by atoms with van der Waals surface area (Å²) in [6, 6.07) is 10.6. The lowest BCUT2D eigenvalue weighted by Crippen LogP contribution is -2.53. The Kier molecular flexibility index (Phi) is 14.0. The largest absolute Gasteiger partial charge is 0.508 e. The summed E-state index contributed by atoms with van der Waals surface area (Å²) in [6.45, 7) is 15.5. The number of anilines is 1. The molecule has 0 aliphatic rings. The van der Waals surface area contributed by atoms with Crippen molar-refractivity contribution in [3.05, 3.63) is 59.2 Å². The molecule has 0 radical (unpaired) electrons. The molecule has 0 saturated heterocycles. The summed E-state index contributed by atoms with van der Waals surface area (Å²) in [5, 5.41) is 16.1. The fourth-order valence-electron chi connectivity index (χ4n) is 5.01. The van der Waals surface area contributed by atoms with Gasteiger partial charge in [-0.15, -0.1) is 0 Å². The van der Waals surface area contributed by atoms with Crippen molar-refractivity contribution in [2.45, 2.75) is 118 Å². The van der Waals surface area contributed by atoms with Crippen molar-refractivity contribution >= 4 is 23.6 Å². The summed E-state index contributed by atoms with van der Waals surface area (Å²) in [5.74, 6) is -0.502. The molecular weight excluding hydrogens is 542 g/mol. The van der Waals surface area contributed by atoms with Gasteiger partial charge in [-0.1, -0.05) is 77.1 Å². The summed E-state index contributed by atoms with van der Waals surface area (Å²) in [6.07, 6.45) is 5.79. The van der Waals surface area contributed by atoms with E-state index in [2.05, 4.69) is 17.6 Å². The highest BCUT2D eigenvalue weighted by molar-refractivity contribution is 5.99. The third kappa shape index (κ3) is 11.9. The van der Waals surface area contributed by atoms with Gasteiger partial charge in [0.2, 0.25) is 5.91 Å². The highest BCUT2D eigenvalue weighted by Gasteiger charge is 2.36. The Morgan fingerprint density at radius 1 is 0.930 bits per heavy atom. The van der Waals surface area contributed by atoms with Crippen molar-refractivity contribution < 1.29 is 24.2 Å². The molecule has 0 aliphatic heterocycles. The van der Waals surface area contributed by atoms with Gasteiger partial charge in [-0.25, -0.2) is 4.79 Å². The van der Waals surface area contributed by atoms with E-state index in [1.807, 2.05) is 45.0 Å². The number of aryl methyl sites for hydroxylation is 2. The van der Waals surface area contributed by atoms with Crippen molar-refractivity contribution in [2.75, 3.05) is 11.9 Å². The molecular formula is C35H53N3O5. The molecule has 3 amide bonds. The summed E-state index contributed by atoms with van der Waals surface area (Å²) in [4.78, 5) is 43.1. The van der Waals surface area contributed by atoms with Crippen LogP contribution in [0.5, 0.6) is 5.75 Å². The van der Waals surface area contributed by atoms with Crippen molar-refractivity contribution in [1.82, 2.24) is 10.2 Å². The van der Waals surface area contributed by atoms with Crippen LogP contribution >= 0.6 is 0 Å². The van der Waals surface area contributed by atoms with E-state index in [1.165, 1.54) is 0 Å². The average molecular weight is 596 g/mol. The summed E-state index contributed by atoms with van der Waals surface area (Å²) < 4.78 is 5.50. The van der Waals surface area contributed by atoms with Gasteiger partial charge in [0.25, 0.3) is 5.91 Å². The molecule has 0 aromatic heterocycles. The number of phenolic OH excluding ortho intramolecular Hbond substituents is 1. The number of nitrogens with zero attached hydrogens (tertiary/aromatic N) is 1. The molecule has 0 spiro atoms. The van der Waals surface area contributed by atoms with Gasteiger partial charge in [0.1, 0.15) is 23.4 Å². The Labute approximate surface area is 258 Å².